The van der Waals surface area contributed by atoms with Crippen LogP contribution in [0.3, 0.4) is 0 Å². The molecule has 118 valence electrons. The number of amides is 1. The highest BCUT2D eigenvalue weighted by atomic mass is 16.2. The molecule has 1 fully saturated rings. The van der Waals surface area contributed by atoms with Gasteiger partial charge in [0.2, 0.25) is 0 Å². The van der Waals surface area contributed by atoms with Crippen molar-refractivity contribution >= 4 is 5.91 Å². The summed E-state index contributed by atoms with van der Waals surface area (Å²) in [6, 6.07) is 2.01. The number of carbonyl (C=O) groups is 1. The Balaban J connectivity index is 1.77. The van der Waals surface area contributed by atoms with Crippen molar-refractivity contribution in [2.24, 2.45) is 13.0 Å². The Kier molecular flexibility index (Phi) is 4.00. The van der Waals surface area contributed by atoms with Crippen LogP contribution in [0.5, 0.6) is 0 Å². The van der Waals surface area contributed by atoms with Crippen molar-refractivity contribution in [3.8, 4) is 0 Å². The fraction of sp³-hybridized carbons (Fsp3) is 0.562. The maximum Gasteiger partial charge on any atom is 0.274 e. The molecule has 22 heavy (non-hydrogen) atoms. The van der Waals surface area contributed by atoms with Crippen LogP contribution in [0.25, 0.3) is 0 Å². The van der Waals surface area contributed by atoms with Gasteiger partial charge in [-0.25, -0.2) is 0 Å². The number of likely N-dealkylation sites (tertiary alicyclic amines) is 1. The van der Waals surface area contributed by atoms with Crippen LogP contribution in [0.2, 0.25) is 0 Å². The fourth-order valence-electron chi connectivity index (χ4n) is 3.13. The number of aromatic nitrogens is 4. The molecule has 0 radical (unpaired) electrons. The van der Waals surface area contributed by atoms with Gasteiger partial charge in [0.15, 0.2) is 0 Å². The Hall–Kier alpha value is -2.11. The summed E-state index contributed by atoms with van der Waals surface area (Å²) in [5.74, 6) is 0.552. The highest BCUT2D eigenvalue weighted by molar-refractivity contribution is 5.92. The number of nitrogens with zero attached hydrogens (tertiary/aromatic N) is 4. The van der Waals surface area contributed by atoms with E-state index in [-0.39, 0.29) is 11.9 Å². The van der Waals surface area contributed by atoms with Gasteiger partial charge in [-0.15, -0.1) is 0 Å². The second kappa shape index (κ2) is 5.94. The predicted molar refractivity (Wildman–Crippen MR) is 83.3 cm³/mol. The summed E-state index contributed by atoms with van der Waals surface area (Å²) >= 11 is 0. The van der Waals surface area contributed by atoms with Crippen molar-refractivity contribution in [3.05, 3.63) is 35.4 Å². The predicted octanol–water partition coefficient (Wildman–Crippen LogP) is 2.32. The maximum absolute atomic E-state index is 12.8. The van der Waals surface area contributed by atoms with Gasteiger partial charge in [-0.05, 0) is 31.2 Å². The van der Waals surface area contributed by atoms with Crippen molar-refractivity contribution in [2.75, 3.05) is 6.54 Å². The molecule has 1 N–H and O–H groups in total. The molecule has 6 nitrogen and oxygen atoms in total. The summed E-state index contributed by atoms with van der Waals surface area (Å²) in [6.45, 7) is 5.09. The molecule has 0 aliphatic carbocycles. The van der Waals surface area contributed by atoms with E-state index in [0.29, 0.717) is 11.6 Å². The summed E-state index contributed by atoms with van der Waals surface area (Å²) in [5.41, 5.74) is 2.65. The Labute approximate surface area is 130 Å². The third-order valence-corrected chi connectivity index (χ3v) is 4.10. The van der Waals surface area contributed by atoms with Crippen LogP contribution in [0.1, 0.15) is 54.5 Å². The number of rotatable bonds is 4. The minimum Gasteiger partial charge on any atom is -0.330 e. The lowest BCUT2D eigenvalue weighted by Gasteiger charge is -2.22. The smallest absolute Gasteiger partial charge is 0.274 e. The van der Waals surface area contributed by atoms with Gasteiger partial charge in [-0.1, -0.05) is 13.8 Å². The van der Waals surface area contributed by atoms with Gasteiger partial charge in [0.05, 0.1) is 12.2 Å². The Morgan fingerprint density at radius 2 is 2.32 bits per heavy atom. The molecule has 1 atom stereocenters. The lowest BCUT2D eigenvalue weighted by atomic mass is 10.1. The first-order valence-electron chi connectivity index (χ1n) is 7.88. The number of hydrogen-bond acceptors (Lipinski definition) is 3. The van der Waals surface area contributed by atoms with Gasteiger partial charge in [-0.2, -0.15) is 10.2 Å². The normalized spacial score (nSPS) is 18.4. The molecule has 1 amide bonds. The number of aryl methyl sites for hydroxylation is 1. The number of hydrogen-bond donors (Lipinski definition) is 1. The minimum atomic E-state index is 0.0117. The quantitative estimate of drug-likeness (QED) is 0.942. The molecule has 1 aliphatic heterocycles. The van der Waals surface area contributed by atoms with Crippen molar-refractivity contribution < 1.29 is 4.79 Å². The third-order valence-electron chi connectivity index (χ3n) is 4.10. The summed E-state index contributed by atoms with van der Waals surface area (Å²) in [5, 5.41) is 11.4. The second-order valence-electron chi connectivity index (χ2n) is 6.48. The summed E-state index contributed by atoms with van der Waals surface area (Å²) < 4.78 is 1.78. The molecule has 2 aromatic rings. The van der Waals surface area contributed by atoms with E-state index in [1.807, 2.05) is 30.4 Å². The number of carbonyl (C=O) groups excluding carboxylic acids is 1. The first-order chi connectivity index (χ1) is 10.5. The molecule has 1 aliphatic rings. The van der Waals surface area contributed by atoms with E-state index in [4.69, 9.17) is 0 Å². The van der Waals surface area contributed by atoms with Gasteiger partial charge in [-0.3, -0.25) is 14.6 Å². The Morgan fingerprint density at radius 3 is 3.00 bits per heavy atom. The van der Waals surface area contributed by atoms with Crippen LogP contribution in [-0.4, -0.2) is 37.3 Å². The first kappa shape index (κ1) is 14.8. The lowest BCUT2D eigenvalue weighted by molar-refractivity contribution is 0.0729. The van der Waals surface area contributed by atoms with Gasteiger partial charge < -0.3 is 4.90 Å². The molecule has 0 bridgehead atoms. The van der Waals surface area contributed by atoms with Gasteiger partial charge in [0, 0.05) is 31.0 Å². The van der Waals surface area contributed by atoms with Crippen LogP contribution < -0.4 is 0 Å². The Morgan fingerprint density at radius 1 is 1.50 bits per heavy atom. The molecule has 0 spiro atoms. The summed E-state index contributed by atoms with van der Waals surface area (Å²) in [4.78, 5) is 14.7. The zero-order valence-electron chi connectivity index (χ0n) is 13.4. The molecular weight excluding hydrogens is 278 g/mol. The van der Waals surface area contributed by atoms with Crippen LogP contribution >= 0.6 is 0 Å². The van der Waals surface area contributed by atoms with E-state index in [1.165, 1.54) is 0 Å². The first-order valence-corrected chi connectivity index (χ1v) is 7.88. The van der Waals surface area contributed by atoms with Gasteiger partial charge >= 0.3 is 0 Å². The van der Waals surface area contributed by atoms with Gasteiger partial charge in [0.1, 0.15) is 5.69 Å². The van der Waals surface area contributed by atoms with Crippen molar-refractivity contribution in [2.45, 2.75) is 39.2 Å². The average molecular weight is 301 g/mol. The van der Waals surface area contributed by atoms with E-state index in [2.05, 4.69) is 29.1 Å². The van der Waals surface area contributed by atoms with Crippen LogP contribution in [0, 0.1) is 5.92 Å². The average Bonchev–Trinajstić information content (AvgIpc) is 3.16. The SMILES string of the molecule is CC(C)Cc1cc(C(=O)N2CCC[C@H]2c2cnn(C)c2)n[nH]1. The maximum atomic E-state index is 12.8. The highest BCUT2D eigenvalue weighted by Gasteiger charge is 2.32. The zero-order valence-corrected chi connectivity index (χ0v) is 13.4. The van der Waals surface area contributed by atoms with Crippen molar-refractivity contribution in [1.29, 1.82) is 0 Å². The molecule has 0 saturated carbocycles. The van der Waals surface area contributed by atoms with Crippen molar-refractivity contribution in [3.63, 3.8) is 0 Å². The van der Waals surface area contributed by atoms with E-state index in [1.54, 1.807) is 4.68 Å². The number of aromatic amines is 1. The monoisotopic (exact) mass is 301 g/mol. The molecule has 6 heteroatoms. The van der Waals surface area contributed by atoms with Crippen LogP contribution in [0.4, 0.5) is 0 Å². The summed E-state index contributed by atoms with van der Waals surface area (Å²) in [7, 11) is 1.90. The topological polar surface area (TPSA) is 66.8 Å². The largest absolute Gasteiger partial charge is 0.330 e. The molecule has 0 unspecified atom stereocenters. The van der Waals surface area contributed by atoms with E-state index in [9.17, 15) is 4.79 Å². The van der Waals surface area contributed by atoms with Gasteiger partial charge in [0.25, 0.3) is 5.91 Å². The number of H-pyrrole nitrogens is 1. The Bertz CT molecular complexity index is 657. The standard InChI is InChI=1S/C16H23N5O/c1-11(2)7-13-8-14(19-18-13)16(22)21-6-4-5-15(21)12-9-17-20(3)10-12/h8-11,15H,4-7H2,1-3H3,(H,18,19)/t15-/m0/s1. The van der Waals surface area contributed by atoms with E-state index < -0.39 is 0 Å². The molecule has 2 aromatic heterocycles. The minimum absolute atomic E-state index is 0.0117. The highest BCUT2D eigenvalue weighted by Crippen LogP contribution is 2.32. The summed E-state index contributed by atoms with van der Waals surface area (Å²) in [6.07, 6.45) is 6.76. The van der Waals surface area contributed by atoms with E-state index in [0.717, 1.165) is 37.1 Å². The van der Waals surface area contributed by atoms with Crippen LogP contribution in [-0.2, 0) is 13.5 Å². The number of nitrogens with one attached hydrogen (secondary N) is 1. The second-order valence-corrected chi connectivity index (χ2v) is 6.48. The fourth-order valence-corrected chi connectivity index (χ4v) is 3.13. The molecule has 0 aromatic carbocycles. The lowest BCUT2D eigenvalue weighted by Crippen LogP contribution is -2.30. The molecular formula is C16H23N5O. The molecule has 1 saturated heterocycles. The zero-order chi connectivity index (χ0) is 15.7. The van der Waals surface area contributed by atoms with Crippen LogP contribution in [0.15, 0.2) is 18.5 Å². The molecule has 3 heterocycles. The molecule has 3 rings (SSSR count). The van der Waals surface area contributed by atoms with E-state index >= 15 is 0 Å². The third kappa shape index (κ3) is 2.91. The van der Waals surface area contributed by atoms with Crippen molar-refractivity contribution in [1.82, 2.24) is 24.9 Å².